The van der Waals surface area contributed by atoms with E-state index in [0.717, 1.165) is 87.7 Å². The molecule has 1 saturated carbocycles. The van der Waals surface area contributed by atoms with E-state index in [1.807, 2.05) is 12.1 Å². The van der Waals surface area contributed by atoms with Crippen LogP contribution in [-0.2, 0) is 20.9 Å². The van der Waals surface area contributed by atoms with Crippen molar-refractivity contribution >= 4 is 46.9 Å². The predicted octanol–water partition coefficient (Wildman–Crippen LogP) is 3.27. The summed E-state index contributed by atoms with van der Waals surface area (Å²) in [7, 11) is 0. The maximum atomic E-state index is 13.2. The number of carbonyl (C=O) groups excluding carboxylic acids is 4. The maximum Gasteiger partial charge on any atom is 0.256 e. The third kappa shape index (κ3) is 8.48. The molecule has 6 heterocycles. The molecule has 320 valence electrons. The SMILES string of the molecule is C=CCNC(=O)C1=C(NC2=CC=C3CC[C@H](CC)C3N2)NC(Nc2ccc(N3CCN(C4CCN(c5ccc6c(c5)CN(C5CCC(=O)NC5=O)C6=O)CC4)CC3)cc2)N=C1. The third-order valence-corrected chi connectivity index (χ3v) is 13.5. The summed E-state index contributed by atoms with van der Waals surface area (Å²) in [6, 6.07) is 14.8. The van der Waals surface area contributed by atoms with Gasteiger partial charge in [-0.1, -0.05) is 25.5 Å². The van der Waals surface area contributed by atoms with E-state index in [0.29, 0.717) is 54.5 Å². The molecule has 0 radical (unpaired) electrons. The van der Waals surface area contributed by atoms with Crippen LogP contribution in [0.3, 0.4) is 0 Å². The number of rotatable bonds is 12. The first kappa shape index (κ1) is 40.3. The van der Waals surface area contributed by atoms with Crippen LogP contribution in [0.25, 0.3) is 0 Å². The molecular weight excluding hydrogens is 771 g/mol. The van der Waals surface area contributed by atoms with Crippen LogP contribution in [0.2, 0.25) is 0 Å². The first-order chi connectivity index (χ1) is 29.7. The lowest BCUT2D eigenvalue weighted by molar-refractivity contribution is -0.137. The van der Waals surface area contributed by atoms with Crippen LogP contribution in [0, 0.1) is 5.92 Å². The second-order valence-electron chi connectivity index (χ2n) is 17.1. The number of imide groups is 1. The standard InChI is InChI=1S/C46H57N11O4/c1-3-19-47-43(59)37-27-48-46(53-42(37)51-39-15-7-30-6-5-29(4-2)41(30)50-39)49-32-8-10-33(11-9-32)55-22-24-56(25-23-55)34-17-20-54(21-18-34)35-12-13-36-31(26-35)28-57(45(36)61)38-14-16-40(58)52-44(38)60/h3,7-13,15,26-27,29,34,38,41,46,49-51,53H,1,4-6,14,16-25,28H2,2H3,(H,47,59)(H,52,58,60)/t29-,38?,41?,46?/m0/s1. The molecule has 7 aliphatic rings. The largest absolute Gasteiger partial charge is 0.371 e. The summed E-state index contributed by atoms with van der Waals surface area (Å²) in [5.41, 5.74) is 6.69. The van der Waals surface area contributed by atoms with E-state index in [2.05, 4.69) is 108 Å². The van der Waals surface area contributed by atoms with Gasteiger partial charge in [-0.15, -0.1) is 6.58 Å². The lowest BCUT2D eigenvalue weighted by Crippen LogP contribution is -2.53. The van der Waals surface area contributed by atoms with Gasteiger partial charge in [0.15, 0.2) is 6.29 Å². The van der Waals surface area contributed by atoms with Gasteiger partial charge >= 0.3 is 0 Å². The van der Waals surface area contributed by atoms with Crippen molar-refractivity contribution < 1.29 is 19.2 Å². The molecule has 3 saturated heterocycles. The van der Waals surface area contributed by atoms with Crippen LogP contribution in [-0.4, -0.2) is 110 Å². The fraction of sp³-hybridized carbons (Fsp3) is 0.457. The number of aliphatic imine (C=N–C) groups is 1. The van der Waals surface area contributed by atoms with Gasteiger partial charge in [0.1, 0.15) is 17.7 Å². The van der Waals surface area contributed by atoms with E-state index in [4.69, 9.17) is 0 Å². The molecule has 9 rings (SSSR count). The van der Waals surface area contributed by atoms with Crippen molar-refractivity contribution in [1.29, 1.82) is 0 Å². The molecule has 2 aromatic rings. The number of anilines is 3. The van der Waals surface area contributed by atoms with E-state index in [9.17, 15) is 19.2 Å². The van der Waals surface area contributed by atoms with Gasteiger partial charge in [0.05, 0.1) is 11.6 Å². The third-order valence-electron chi connectivity index (χ3n) is 13.5. The molecule has 4 amide bonds. The minimum absolute atomic E-state index is 0.134. The number of hydrogen-bond acceptors (Lipinski definition) is 12. The molecule has 15 nitrogen and oxygen atoms in total. The molecule has 61 heavy (non-hydrogen) atoms. The minimum atomic E-state index is -0.600. The van der Waals surface area contributed by atoms with Crippen LogP contribution in [0.15, 0.2) is 95.1 Å². The van der Waals surface area contributed by atoms with Crippen molar-refractivity contribution in [2.24, 2.45) is 10.9 Å². The van der Waals surface area contributed by atoms with E-state index in [-0.39, 0.29) is 30.0 Å². The molecule has 6 N–H and O–H groups in total. The van der Waals surface area contributed by atoms with Crippen molar-refractivity contribution in [3.8, 4) is 0 Å². The summed E-state index contributed by atoms with van der Waals surface area (Å²) in [6.07, 6.45) is 13.3. The van der Waals surface area contributed by atoms with Crippen LogP contribution < -0.4 is 41.7 Å². The summed E-state index contributed by atoms with van der Waals surface area (Å²) in [6.45, 7) is 12.6. The molecule has 0 spiro atoms. The average molecular weight is 828 g/mol. The van der Waals surface area contributed by atoms with E-state index < -0.39 is 12.3 Å². The second-order valence-corrected chi connectivity index (χ2v) is 17.1. The maximum absolute atomic E-state index is 13.2. The molecule has 1 aliphatic carbocycles. The molecule has 0 aromatic heterocycles. The van der Waals surface area contributed by atoms with Gasteiger partial charge in [0, 0.05) is 93.7 Å². The minimum Gasteiger partial charge on any atom is -0.371 e. The summed E-state index contributed by atoms with van der Waals surface area (Å²) in [4.78, 5) is 64.2. The smallest absolute Gasteiger partial charge is 0.256 e. The van der Waals surface area contributed by atoms with Crippen molar-refractivity contribution in [3.05, 3.63) is 101 Å². The number of benzene rings is 2. The number of hydrogen-bond donors (Lipinski definition) is 6. The van der Waals surface area contributed by atoms with Gasteiger partial charge in [0.25, 0.3) is 11.8 Å². The van der Waals surface area contributed by atoms with Crippen molar-refractivity contribution in [2.45, 2.75) is 82.8 Å². The Bertz CT molecular complexity index is 2180. The van der Waals surface area contributed by atoms with E-state index >= 15 is 0 Å². The highest BCUT2D eigenvalue weighted by Gasteiger charge is 2.40. The molecule has 0 bridgehead atoms. The van der Waals surface area contributed by atoms with Gasteiger partial charge in [-0.05, 0) is 97.7 Å². The predicted molar refractivity (Wildman–Crippen MR) is 236 cm³/mol. The number of piperazine rings is 1. The van der Waals surface area contributed by atoms with Crippen molar-refractivity contribution in [1.82, 2.24) is 36.4 Å². The Morgan fingerprint density at radius 2 is 1.67 bits per heavy atom. The van der Waals surface area contributed by atoms with Crippen LogP contribution >= 0.6 is 0 Å². The molecular formula is C46H57N11O4. The molecule has 4 atom stereocenters. The lowest BCUT2D eigenvalue weighted by atomic mass is 9.97. The highest BCUT2D eigenvalue weighted by Crippen LogP contribution is 2.36. The number of fused-ring (bicyclic) bond motifs is 2. The molecule has 3 unspecified atom stereocenters. The van der Waals surface area contributed by atoms with Gasteiger partial charge in [-0.25, -0.2) is 4.99 Å². The summed E-state index contributed by atoms with van der Waals surface area (Å²) in [5, 5.41) is 19.3. The Morgan fingerprint density at radius 3 is 2.43 bits per heavy atom. The van der Waals surface area contributed by atoms with Gasteiger partial charge in [0.2, 0.25) is 11.8 Å². The Kier molecular flexibility index (Phi) is 11.6. The van der Waals surface area contributed by atoms with Crippen LogP contribution in [0.1, 0.15) is 67.8 Å². The number of nitrogens with one attached hydrogen (secondary N) is 6. The zero-order chi connectivity index (χ0) is 42.0. The summed E-state index contributed by atoms with van der Waals surface area (Å²) < 4.78 is 0. The normalized spacial score (nSPS) is 25.5. The topological polar surface area (TPSA) is 166 Å². The molecule has 4 fully saturated rings. The lowest BCUT2D eigenvalue weighted by Gasteiger charge is -2.44. The molecule has 6 aliphatic heterocycles. The highest BCUT2D eigenvalue weighted by atomic mass is 16.2. The monoisotopic (exact) mass is 827 g/mol. The fourth-order valence-corrected chi connectivity index (χ4v) is 10.0. The Balaban J connectivity index is 0.752. The average Bonchev–Trinajstić information content (AvgIpc) is 3.85. The van der Waals surface area contributed by atoms with E-state index in [1.54, 1.807) is 17.2 Å². The number of piperidine rings is 2. The van der Waals surface area contributed by atoms with Crippen molar-refractivity contribution in [2.75, 3.05) is 60.9 Å². The number of dihydropyridines is 1. The van der Waals surface area contributed by atoms with Gasteiger partial charge in [-0.2, -0.15) is 0 Å². The first-order valence-corrected chi connectivity index (χ1v) is 22.0. The first-order valence-electron chi connectivity index (χ1n) is 22.0. The summed E-state index contributed by atoms with van der Waals surface area (Å²) >= 11 is 0. The Morgan fingerprint density at radius 1 is 0.902 bits per heavy atom. The van der Waals surface area contributed by atoms with Gasteiger partial charge < -0.3 is 41.3 Å². The quantitative estimate of drug-likeness (QED) is 0.138. The Hall–Kier alpha value is -6.09. The fourth-order valence-electron chi connectivity index (χ4n) is 10.0. The number of carbonyl (C=O) groups is 4. The molecule has 15 heteroatoms. The number of amides is 4. The Labute approximate surface area is 357 Å². The van der Waals surface area contributed by atoms with Crippen LogP contribution in [0.5, 0.6) is 0 Å². The zero-order valence-corrected chi connectivity index (χ0v) is 34.9. The number of allylic oxidation sites excluding steroid dienone is 2. The summed E-state index contributed by atoms with van der Waals surface area (Å²) in [5.74, 6) is 1.00. The van der Waals surface area contributed by atoms with E-state index in [1.165, 1.54) is 17.7 Å². The number of nitrogens with zero attached hydrogens (tertiary/aromatic N) is 5. The van der Waals surface area contributed by atoms with Crippen LogP contribution in [0.4, 0.5) is 17.1 Å². The molecule has 2 aromatic carbocycles. The highest BCUT2D eigenvalue weighted by molar-refractivity contribution is 6.13. The zero-order valence-electron chi connectivity index (χ0n) is 34.9. The van der Waals surface area contributed by atoms with Gasteiger partial charge in [-0.3, -0.25) is 29.4 Å². The van der Waals surface area contributed by atoms with Crippen molar-refractivity contribution in [3.63, 3.8) is 0 Å². The second kappa shape index (κ2) is 17.5.